The highest BCUT2D eigenvalue weighted by molar-refractivity contribution is 7.93. The molecular formula is C20H25F3N4O4S. The van der Waals surface area contributed by atoms with Gasteiger partial charge in [-0.3, -0.25) is 4.79 Å². The van der Waals surface area contributed by atoms with E-state index >= 15 is 0 Å². The van der Waals surface area contributed by atoms with Crippen molar-refractivity contribution in [2.75, 3.05) is 39.4 Å². The molecule has 0 aliphatic carbocycles. The quantitative estimate of drug-likeness (QED) is 0.701. The molecule has 1 aromatic carbocycles. The maximum atomic E-state index is 12.8. The van der Waals surface area contributed by atoms with Crippen LogP contribution in [-0.4, -0.2) is 76.4 Å². The van der Waals surface area contributed by atoms with Crippen molar-refractivity contribution in [2.24, 2.45) is 5.92 Å². The number of nitrogens with one attached hydrogen (secondary N) is 2. The van der Waals surface area contributed by atoms with Crippen LogP contribution in [0.15, 0.2) is 29.2 Å². The molecule has 2 N–H and O–H groups in total. The number of hydrogen-bond acceptors (Lipinski definition) is 5. The van der Waals surface area contributed by atoms with Crippen molar-refractivity contribution in [1.82, 2.24) is 15.1 Å². The smallest absolute Gasteiger partial charge is 0.369 e. The number of morpholine rings is 1. The van der Waals surface area contributed by atoms with Gasteiger partial charge >= 0.3 is 11.5 Å². The number of alkyl halides is 3. The van der Waals surface area contributed by atoms with Crippen molar-refractivity contribution in [3.05, 3.63) is 29.8 Å². The zero-order valence-electron chi connectivity index (χ0n) is 17.3. The van der Waals surface area contributed by atoms with E-state index in [0.717, 1.165) is 30.5 Å². The first-order valence-corrected chi connectivity index (χ1v) is 11.9. The molecule has 0 saturated carbocycles. The van der Waals surface area contributed by atoms with Gasteiger partial charge in [0.05, 0.1) is 17.0 Å². The van der Waals surface area contributed by atoms with Gasteiger partial charge in [0.1, 0.15) is 6.61 Å². The summed E-state index contributed by atoms with van der Waals surface area (Å²) in [4.78, 5) is 27.2. The lowest BCUT2D eigenvalue weighted by molar-refractivity contribution is -0.141. The highest BCUT2D eigenvalue weighted by Crippen LogP contribution is 2.32. The Morgan fingerprint density at radius 1 is 1.19 bits per heavy atom. The lowest BCUT2D eigenvalue weighted by Crippen LogP contribution is -2.76. The average Bonchev–Trinajstić information content (AvgIpc) is 2.71. The zero-order valence-corrected chi connectivity index (χ0v) is 18.1. The number of urea groups is 1. The summed E-state index contributed by atoms with van der Waals surface area (Å²) in [6, 6.07) is 5.16. The summed E-state index contributed by atoms with van der Waals surface area (Å²) in [7, 11) is -4.84. The summed E-state index contributed by atoms with van der Waals surface area (Å²) in [5, 5.41) is 2.90. The number of carbonyl (C=O) groups excluding carboxylic acids is 2. The lowest BCUT2D eigenvalue weighted by Gasteiger charge is -2.52. The number of amides is 3. The molecule has 32 heavy (non-hydrogen) atoms. The number of ether oxygens (including phenoxy) is 1. The molecule has 1 spiro atoms. The molecule has 0 aromatic heterocycles. The Bertz CT molecular complexity index is 983. The molecule has 4 rings (SSSR count). The Morgan fingerprint density at radius 2 is 1.81 bits per heavy atom. The number of hydrogen-bond donors (Lipinski definition) is 2. The lowest BCUT2D eigenvalue weighted by atomic mass is 9.88. The Balaban J connectivity index is 1.26. The summed E-state index contributed by atoms with van der Waals surface area (Å²) in [6.07, 6.45) is 2.18. The number of likely N-dealkylation sites (tertiary alicyclic amines) is 2. The van der Waals surface area contributed by atoms with Crippen LogP contribution < -0.4 is 5.32 Å². The number of benzene rings is 1. The minimum Gasteiger partial charge on any atom is -0.369 e. The molecule has 0 bridgehead atoms. The number of rotatable bonds is 3. The van der Waals surface area contributed by atoms with Crippen LogP contribution in [0.2, 0.25) is 0 Å². The van der Waals surface area contributed by atoms with Crippen LogP contribution >= 0.6 is 0 Å². The first kappa shape index (κ1) is 22.8. The van der Waals surface area contributed by atoms with Crippen molar-refractivity contribution in [2.45, 2.75) is 35.2 Å². The van der Waals surface area contributed by atoms with Gasteiger partial charge in [-0.05, 0) is 42.9 Å². The van der Waals surface area contributed by atoms with Gasteiger partial charge in [-0.15, -0.1) is 0 Å². The molecule has 1 aromatic rings. The Kier molecular flexibility index (Phi) is 5.86. The molecule has 3 amide bonds. The fourth-order valence-electron chi connectivity index (χ4n) is 4.51. The first-order valence-electron chi connectivity index (χ1n) is 10.4. The Labute approximate surface area is 184 Å². The van der Waals surface area contributed by atoms with Crippen molar-refractivity contribution >= 4 is 21.7 Å². The Hall–Kier alpha value is -2.34. The fourth-order valence-corrected chi connectivity index (χ4v) is 5.30. The van der Waals surface area contributed by atoms with Gasteiger partial charge in [0.25, 0.3) is 0 Å². The van der Waals surface area contributed by atoms with E-state index in [1.165, 1.54) is 12.1 Å². The number of piperidine rings is 1. The van der Waals surface area contributed by atoms with Crippen LogP contribution in [0.3, 0.4) is 0 Å². The van der Waals surface area contributed by atoms with Gasteiger partial charge in [-0.2, -0.15) is 13.2 Å². The number of carbonyl (C=O) groups is 2. The Morgan fingerprint density at radius 3 is 2.38 bits per heavy atom. The third-order valence-electron chi connectivity index (χ3n) is 6.26. The van der Waals surface area contributed by atoms with Gasteiger partial charge in [-0.25, -0.2) is 13.8 Å². The van der Waals surface area contributed by atoms with E-state index in [0.29, 0.717) is 39.2 Å². The summed E-state index contributed by atoms with van der Waals surface area (Å²) in [5.41, 5.74) is -4.75. The second kappa shape index (κ2) is 8.22. The van der Waals surface area contributed by atoms with Gasteiger partial charge < -0.3 is 19.9 Å². The molecule has 8 nitrogen and oxygen atoms in total. The minimum absolute atomic E-state index is 0.0519. The van der Waals surface area contributed by atoms with E-state index in [4.69, 9.17) is 9.52 Å². The average molecular weight is 475 g/mol. The summed E-state index contributed by atoms with van der Waals surface area (Å²) < 4.78 is 62.5. The van der Waals surface area contributed by atoms with Crippen molar-refractivity contribution in [3.63, 3.8) is 0 Å². The van der Waals surface area contributed by atoms with Gasteiger partial charge in [0.2, 0.25) is 5.91 Å². The predicted molar refractivity (Wildman–Crippen MR) is 108 cm³/mol. The monoisotopic (exact) mass is 474 g/mol. The van der Waals surface area contributed by atoms with Crippen LogP contribution in [0, 0.1) is 10.7 Å². The zero-order chi connectivity index (χ0) is 23.1. The highest BCUT2D eigenvalue weighted by atomic mass is 32.2. The topological polar surface area (TPSA) is 103 Å². The van der Waals surface area contributed by atoms with Crippen LogP contribution in [-0.2, 0) is 25.7 Å². The molecule has 0 unspecified atom stereocenters. The third kappa shape index (κ3) is 4.42. The molecule has 12 heteroatoms. The summed E-state index contributed by atoms with van der Waals surface area (Å²) in [6.45, 7) is 2.49. The van der Waals surface area contributed by atoms with Gasteiger partial charge in [0.15, 0.2) is 9.73 Å². The summed E-state index contributed by atoms with van der Waals surface area (Å²) in [5.74, 6) is 0.113. The molecule has 3 aliphatic heterocycles. The molecule has 1 atom stereocenters. The van der Waals surface area contributed by atoms with Gasteiger partial charge in [-0.1, -0.05) is 12.1 Å². The third-order valence-corrected chi connectivity index (χ3v) is 7.85. The number of halogens is 3. The molecule has 3 saturated heterocycles. The second-order valence-corrected chi connectivity index (χ2v) is 10.8. The first-order chi connectivity index (χ1) is 15.0. The molecule has 3 fully saturated rings. The molecule has 3 aliphatic rings. The summed E-state index contributed by atoms with van der Waals surface area (Å²) >= 11 is 0. The van der Waals surface area contributed by atoms with Gasteiger partial charge in [0, 0.05) is 26.2 Å². The maximum absolute atomic E-state index is 12.8. The molecule has 176 valence electrons. The normalized spacial score (nSPS) is 23.4. The van der Waals surface area contributed by atoms with E-state index in [1.807, 2.05) is 0 Å². The maximum Gasteiger partial charge on any atom is 0.483 e. The molecular weight excluding hydrogens is 449 g/mol. The largest absolute Gasteiger partial charge is 0.483 e. The SMILES string of the molecule is N=[S@@](=O)(c1ccc(CC2CCN(C(=O)N3CC4(COCC(=O)N4)C3)CC2)cc1)C(F)(F)F. The van der Waals surface area contributed by atoms with Crippen LogP contribution in [0.25, 0.3) is 0 Å². The molecule has 0 radical (unpaired) electrons. The van der Waals surface area contributed by atoms with E-state index in [1.54, 1.807) is 9.80 Å². The fraction of sp³-hybridized carbons (Fsp3) is 0.600. The van der Waals surface area contributed by atoms with Crippen LogP contribution in [0.1, 0.15) is 18.4 Å². The van der Waals surface area contributed by atoms with E-state index in [9.17, 15) is 27.0 Å². The molecule has 3 heterocycles. The van der Waals surface area contributed by atoms with Crippen molar-refractivity contribution < 1.29 is 31.7 Å². The van der Waals surface area contributed by atoms with E-state index in [-0.39, 0.29) is 24.5 Å². The highest BCUT2D eigenvalue weighted by Gasteiger charge is 2.49. The second-order valence-electron chi connectivity index (χ2n) is 8.74. The number of nitrogens with zero attached hydrogens (tertiary/aromatic N) is 2. The van der Waals surface area contributed by atoms with Crippen molar-refractivity contribution in [3.8, 4) is 0 Å². The van der Waals surface area contributed by atoms with Crippen LogP contribution in [0.5, 0.6) is 0 Å². The predicted octanol–water partition coefficient (Wildman–Crippen LogP) is 2.19. The van der Waals surface area contributed by atoms with Crippen LogP contribution in [0.4, 0.5) is 18.0 Å². The van der Waals surface area contributed by atoms with Crippen molar-refractivity contribution in [1.29, 1.82) is 4.78 Å². The van der Waals surface area contributed by atoms with E-state index < -0.39 is 25.7 Å². The van der Waals surface area contributed by atoms with E-state index in [2.05, 4.69) is 5.32 Å². The standard InChI is InChI=1S/C20H25F3N4O4S/c21-20(22,23)32(24,30)16-3-1-14(2-4-16)9-15-5-7-26(8-6-15)18(29)27-11-19(12-27)13-31-10-17(28)25-19/h1-4,15,24H,5-13H2,(H,25,28)/t32-/m1/s1. The minimum atomic E-state index is -5.10.